The molecule has 2 N–H and O–H groups in total. The largest absolute Gasteiger partial charge is 0.396 e. The Kier molecular flexibility index (Phi) is 5.79. The first kappa shape index (κ1) is 19.8. The van der Waals surface area contributed by atoms with E-state index < -0.39 is 6.10 Å². The van der Waals surface area contributed by atoms with Crippen molar-refractivity contribution < 1.29 is 15.0 Å². The van der Waals surface area contributed by atoms with Crippen molar-refractivity contribution in [3.8, 4) is 0 Å². The van der Waals surface area contributed by atoms with Crippen molar-refractivity contribution in [3.05, 3.63) is 23.3 Å². The quantitative estimate of drug-likeness (QED) is 0.743. The monoisotopic (exact) mass is 360 g/mol. The summed E-state index contributed by atoms with van der Waals surface area (Å²) in [4.78, 5) is 11.3. The molecule has 0 bridgehead atoms. The van der Waals surface area contributed by atoms with Gasteiger partial charge in [0.25, 0.3) is 0 Å². The molecule has 2 saturated carbocycles. The minimum absolute atomic E-state index is 0.0526. The van der Waals surface area contributed by atoms with Gasteiger partial charge in [-0.2, -0.15) is 0 Å². The maximum atomic E-state index is 11.3. The molecule has 0 aromatic heterocycles. The van der Waals surface area contributed by atoms with Gasteiger partial charge in [-0.3, -0.25) is 4.79 Å². The van der Waals surface area contributed by atoms with E-state index in [4.69, 9.17) is 0 Å². The van der Waals surface area contributed by atoms with E-state index in [-0.39, 0.29) is 12.2 Å². The van der Waals surface area contributed by atoms with Crippen molar-refractivity contribution in [3.63, 3.8) is 0 Å². The molecule has 0 aromatic carbocycles. The summed E-state index contributed by atoms with van der Waals surface area (Å²) in [5.74, 6) is 2.96. The predicted octanol–water partition coefficient (Wildman–Crippen LogP) is 4.29. The van der Waals surface area contributed by atoms with Crippen LogP contribution in [-0.2, 0) is 4.79 Å². The van der Waals surface area contributed by atoms with Gasteiger partial charge in [-0.25, -0.2) is 0 Å². The highest BCUT2D eigenvalue weighted by molar-refractivity contribution is 5.76. The van der Waals surface area contributed by atoms with Crippen LogP contribution < -0.4 is 0 Å². The normalized spacial score (nSPS) is 38.7. The third-order valence-corrected chi connectivity index (χ3v) is 7.94. The van der Waals surface area contributed by atoms with Gasteiger partial charge in [-0.05, 0) is 86.5 Å². The van der Waals surface area contributed by atoms with E-state index in [1.54, 1.807) is 6.92 Å². The Morgan fingerprint density at radius 2 is 2.08 bits per heavy atom. The van der Waals surface area contributed by atoms with Gasteiger partial charge in [0.15, 0.2) is 0 Å². The molecule has 0 heterocycles. The Bertz CT molecular complexity index is 605. The Labute approximate surface area is 158 Å². The zero-order chi connectivity index (χ0) is 19.1. The Balaban J connectivity index is 1.76. The van der Waals surface area contributed by atoms with Crippen LogP contribution in [0.4, 0.5) is 0 Å². The summed E-state index contributed by atoms with van der Waals surface area (Å²) in [6.07, 6.45) is 9.87. The molecule has 0 aliphatic heterocycles. The topological polar surface area (TPSA) is 57.5 Å². The molecule has 0 aromatic rings. The zero-order valence-electron chi connectivity index (χ0n) is 16.9. The second kappa shape index (κ2) is 7.59. The standard InChI is InChI=1S/C23H36O3/c1-14(13-24)21-7-8-22-20-6-5-17(12-18(26)11-15(2)25)16(3)19(20)9-10-23(21,22)4/h5-6,14,18-22,24,26H,7-13H2,1-4H3/t14-,18+,19-,20+,21-,22+,23-/m1/s1. The van der Waals surface area contributed by atoms with Gasteiger partial charge in [-0.1, -0.05) is 31.6 Å². The molecule has 0 radical (unpaired) electrons. The van der Waals surface area contributed by atoms with E-state index >= 15 is 0 Å². The summed E-state index contributed by atoms with van der Waals surface area (Å²) in [5.41, 5.74) is 3.02. The van der Waals surface area contributed by atoms with Crippen LogP contribution in [0.3, 0.4) is 0 Å². The van der Waals surface area contributed by atoms with Gasteiger partial charge in [0.05, 0.1) is 6.10 Å². The fraction of sp³-hybridized carbons (Fsp3) is 0.783. The number of carbonyl (C=O) groups excluding carboxylic acids is 1. The van der Waals surface area contributed by atoms with E-state index in [1.807, 2.05) is 0 Å². The lowest BCUT2D eigenvalue weighted by atomic mass is 9.54. The van der Waals surface area contributed by atoms with Crippen molar-refractivity contribution in [2.24, 2.45) is 35.0 Å². The first-order chi connectivity index (χ1) is 12.3. The van der Waals surface area contributed by atoms with Crippen LogP contribution in [0, 0.1) is 35.0 Å². The molecule has 3 aliphatic carbocycles. The molecule has 7 atom stereocenters. The zero-order valence-corrected chi connectivity index (χ0v) is 16.9. The summed E-state index contributed by atoms with van der Waals surface area (Å²) in [5, 5.41) is 19.9. The van der Waals surface area contributed by atoms with Crippen LogP contribution >= 0.6 is 0 Å². The molecule has 3 aliphatic rings. The number of fused-ring (bicyclic) bond motifs is 3. The van der Waals surface area contributed by atoms with Gasteiger partial charge in [0, 0.05) is 13.0 Å². The van der Waals surface area contributed by atoms with Gasteiger partial charge in [0.1, 0.15) is 5.78 Å². The summed E-state index contributed by atoms with van der Waals surface area (Å²) in [7, 11) is 0. The number of Topliss-reactive ketones (excluding diaryl/α,β-unsaturated/α-hetero) is 1. The molecule has 3 nitrogen and oxygen atoms in total. The minimum atomic E-state index is -0.561. The second-order valence-corrected chi connectivity index (χ2v) is 9.51. The molecule has 0 amide bonds. The summed E-state index contributed by atoms with van der Waals surface area (Å²) < 4.78 is 0. The van der Waals surface area contributed by atoms with E-state index in [2.05, 4.69) is 32.9 Å². The van der Waals surface area contributed by atoms with Gasteiger partial charge < -0.3 is 10.2 Å². The molecular formula is C23H36O3. The van der Waals surface area contributed by atoms with Crippen molar-refractivity contribution >= 4 is 5.78 Å². The molecule has 2 fully saturated rings. The fourth-order valence-electron chi connectivity index (χ4n) is 6.55. The number of aliphatic hydroxyl groups is 2. The number of hydrogen-bond acceptors (Lipinski definition) is 3. The van der Waals surface area contributed by atoms with Crippen LogP contribution in [0.5, 0.6) is 0 Å². The second-order valence-electron chi connectivity index (χ2n) is 9.51. The molecule has 26 heavy (non-hydrogen) atoms. The number of aliphatic hydroxyl groups excluding tert-OH is 2. The lowest BCUT2D eigenvalue weighted by molar-refractivity contribution is -0.118. The Morgan fingerprint density at radius 3 is 2.73 bits per heavy atom. The van der Waals surface area contributed by atoms with Gasteiger partial charge in [-0.15, -0.1) is 0 Å². The molecule has 0 unspecified atom stereocenters. The van der Waals surface area contributed by atoms with Crippen LogP contribution in [-0.4, -0.2) is 28.7 Å². The van der Waals surface area contributed by atoms with Gasteiger partial charge in [0.2, 0.25) is 0 Å². The summed E-state index contributed by atoms with van der Waals surface area (Å²) in [6.45, 7) is 8.76. The van der Waals surface area contributed by atoms with E-state index in [9.17, 15) is 15.0 Å². The van der Waals surface area contributed by atoms with Crippen molar-refractivity contribution in [2.45, 2.75) is 72.3 Å². The van der Waals surface area contributed by atoms with Crippen molar-refractivity contribution in [1.82, 2.24) is 0 Å². The predicted molar refractivity (Wildman–Crippen MR) is 105 cm³/mol. The van der Waals surface area contributed by atoms with Crippen LogP contribution in [0.15, 0.2) is 23.3 Å². The molecule has 0 spiro atoms. The number of allylic oxidation sites excluding steroid dienone is 3. The van der Waals surface area contributed by atoms with Crippen LogP contribution in [0.1, 0.15) is 66.2 Å². The van der Waals surface area contributed by atoms with Crippen molar-refractivity contribution in [2.75, 3.05) is 6.61 Å². The maximum absolute atomic E-state index is 11.3. The number of hydrogen-bond donors (Lipinski definition) is 2. The van der Waals surface area contributed by atoms with E-state index in [1.165, 1.54) is 36.8 Å². The minimum Gasteiger partial charge on any atom is -0.396 e. The van der Waals surface area contributed by atoms with Crippen molar-refractivity contribution in [1.29, 1.82) is 0 Å². The van der Waals surface area contributed by atoms with E-state index in [0.29, 0.717) is 48.0 Å². The van der Waals surface area contributed by atoms with Crippen LogP contribution in [0.2, 0.25) is 0 Å². The summed E-state index contributed by atoms with van der Waals surface area (Å²) in [6, 6.07) is 0. The average Bonchev–Trinajstić information content (AvgIpc) is 2.93. The smallest absolute Gasteiger partial charge is 0.132 e. The highest BCUT2D eigenvalue weighted by atomic mass is 16.3. The fourth-order valence-corrected chi connectivity index (χ4v) is 6.55. The highest BCUT2D eigenvalue weighted by Crippen LogP contribution is 2.62. The first-order valence-electron chi connectivity index (χ1n) is 10.4. The lowest BCUT2D eigenvalue weighted by Gasteiger charge is -2.50. The molecule has 0 saturated heterocycles. The van der Waals surface area contributed by atoms with E-state index in [0.717, 1.165) is 0 Å². The molecule has 146 valence electrons. The average molecular weight is 361 g/mol. The third kappa shape index (κ3) is 3.45. The molecule has 3 heteroatoms. The Hall–Kier alpha value is -0.930. The number of rotatable bonds is 6. The lowest BCUT2D eigenvalue weighted by Crippen LogP contribution is -2.43. The summed E-state index contributed by atoms with van der Waals surface area (Å²) >= 11 is 0. The number of ketones is 1. The van der Waals surface area contributed by atoms with Gasteiger partial charge >= 0.3 is 0 Å². The Morgan fingerprint density at radius 1 is 1.35 bits per heavy atom. The molecular weight excluding hydrogens is 324 g/mol. The van der Waals surface area contributed by atoms with Crippen LogP contribution in [0.25, 0.3) is 0 Å². The highest BCUT2D eigenvalue weighted by Gasteiger charge is 2.54. The number of carbonyl (C=O) groups is 1. The molecule has 3 rings (SSSR count). The third-order valence-electron chi connectivity index (χ3n) is 7.94. The maximum Gasteiger partial charge on any atom is 0.132 e. The SMILES string of the molecule is CC(=O)C[C@H](O)CC1=C(C)[C@H]2CC[C@]3(C)[C@@H]([C@H](C)CO)CC[C@H]3[C@H]2C=C1. The first-order valence-corrected chi connectivity index (χ1v) is 10.4.